The smallest absolute Gasteiger partial charge is 0.246 e. The molecule has 0 bridgehead atoms. The van der Waals surface area contributed by atoms with Crippen molar-refractivity contribution >= 4 is 5.91 Å². The molecule has 1 aromatic rings. The van der Waals surface area contributed by atoms with E-state index in [1.807, 2.05) is 6.92 Å². The number of nitrogens with one attached hydrogen (secondary N) is 1. The largest absolute Gasteiger partial charge is 0.368 e. The van der Waals surface area contributed by atoms with E-state index in [0.717, 1.165) is 37.5 Å². The Morgan fingerprint density at radius 3 is 2.88 bits per heavy atom. The fourth-order valence-electron chi connectivity index (χ4n) is 4.33. The maximum absolute atomic E-state index is 12.4. The van der Waals surface area contributed by atoms with Gasteiger partial charge in [0, 0.05) is 13.0 Å². The van der Waals surface area contributed by atoms with E-state index in [-0.39, 0.29) is 24.7 Å². The van der Waals surface area contributed by atoms with Crippen LogP contribution in [0.2, 0.25) is 0 Å². The molecule has 0 saturated heterocycles. The topological polar surface area (TPSA) is 69.0 Å². The summed E-state index contributed by atoms with van der Waals surface area (Å²) in [5, 5.41) is 11.5. The fourth-order valence-corrected chi connectivity index (χ4v) is 4.33. The third-order valence-electron chi connectivity index (χ3n) is 5.79. The zero-order valence-corrected chi connectivity index (χ0v) is 16.0. The van der Waals surface area contributed by atoms with Crippen molar-refractivity contribution in [2.75, 3.05) is 6.61 Å². The summed E-state index contributed by atoms with van der Waals surface area (Å²) in [5.41, 5.74) is 0. The van der Waals surface area contributed by atoms with E-state index < -0.39 is 0 Å². The average Bonchev–Trinajstić information content (AvgIpc) is 3.15. The highest BCUT2D eigenvalue weighted by Crippen LogP contribution is 2.35. The lowest BCUT2D eigenvalue weighted by Gasteiger charge is -2.37. The minimum Gasteiger partial charge on any atom is -0.368 e. The first kappa shape index (κ1) is 18.4. The molecule has 6 nitrogen and oxygen atoms in total. The number of ether oxygens (including phenoxy) is 1. The predicted octanol–water partition coefficient (Wildman–Crippen LogP) is 2.88. The van der Waals surface area contributed by atoms with E-state index in [9.17, 15) is 4.79 Å². The molecule has 0 unspecified atom stereocenters. The van der Waals surface area contributed by atoms with Crippen LogP contribution in [-0.4, -0.2) is 33.4 Å². The van der Waals surface area contributed by atoms with Gasteiger partial charge in [-0.25, -0.2) is 0 Å². The normalized spacial score (nSPS) is 27.3. The van der Waals surface area contributed by atoms with Gasteiger partial charge in [0.25, 0.3) is 0 Å². The average molecular weight is 348 g/mol. The van der Waals surface area contributed by atoms with E-state index >= 15 is 0 Å². The van der Waals surface area contributed by atoms with Crippen molar-refractivity contribution in [2.24, 2.45) is 17.8 Å². The van der Waals surface area contributed by atoms with Crippen LogP contribution < -0.4 is 5.32 Å². The van der Waals surface area contributed by atoms with Crippen LogP contribution in [0.5, 0.6) is 0 Å². The van der Waals surface area contributed by atoms with Crippen molar-refractivity contribution in [3.8, 4) is 0 Å². The molecule has 2 aliphatic rings. The number of hydrogen-bond donors (Lipinski definition) is 1. The number of carbonyl (C=O) groups is 1. The van der Waals surface area contributed by atoms with Gasteiger partial charge < -0.3 is 14.6 Å². The maximum atomic E-state index is 12.4. The molecule has 1 aliphatic carbocycles. The summed E-state index contributed by atoms with van der Waals surface area (Å²) >= 11 is 0. The highest BCUT2D eigenvalue weighted by atomic mass is 16.5. The molecular weight excluding hydrogens is 316 g/mol. The van der Waals surface area contributed by atoms with Crippen LogP contribution >= 0.6 is 0 Å². The first-order chi connectivity index (χ1) is 12.0. The van der Waals surface area contributed by atoms with Gasteiger partial charge in [-0.3, -0.25) is 4.79 Å². The highest BCUT2D eigenvalue weighted by molar-refractivity contribution is 5.77. The molecule has 0 aromatic carbocycles. The van der Waals surface area contributed by atoms with E-state index in [0.29, 0.717) is 17.8 Å². The summed E-state index contributed by atoms with van der Waals surface area (Å²) in [7, 11) is 0. The van der Waals surface area contributed by atoms with Crippen LogP contribution in [-0.2, 0) is 22.5 Å². The number of nitrogens with zero attached hydrogens (tertiary/aromatic N) is 3. The number of amides is 1. The molecule has 1 N–H and O–H groups in total. The van der Waals surface area contributed by atoms with Crippen LogP contribution in [0.25, 0.3) is 0 Å². The predicted molar refractivity (Wildman–Crippen MR) is 96.0 cm³/mol. The quantitative estimate of drug-likeness (QED) is 0.858. The van der Waals surface area contributed by atoms with Crippen molar-refractivity contribution in [3.05, 3.63) is 11.6 Å². The summed E-state index contributed by atoms with van der Waals surface area (Å²) in [6.45, 7) is 9.83. The van der Waals surface area contributed by atoms with Crippen LogP contribution in [0.3, 0.4) is 0 Å². The molecule has 140 valence electrons. The highest BCUT2D eigenvalue weighted by Gasteiger charge is 2.32. The Balaban J connectivity index is 1.51. The first-order valence-corrected chi connectivity index (χ1v) is 9.78. The Labute approximate surface area is 150 Å². The summed E-state index contributed by atoms with van der Waals surface area (Å²) < 4.78 is 8.17. The summed E-state index contributed by atoms with van der Waals surface area (Å²) in [6.07, 6.45) is 5.81. The van der Waals surface area contributed by atoms with Crippen molar-refractivity contribution in [2.45, 2.75) is 78.5 Å². The standard InChI is InChI=1S/C19H32N4O2/c1-12(2)15-8-7-13(3)10-16(15)25-11-18(24)20-14(4)19-22-21-17-6-5-9-23(17)19/h12-16H,5-11H2,1-4H3,(H,20,24)/t13-,14-,15-,16-/m1/s1. The van der Waals surface area contributed by atoms with Gasteiger partial charge in [-0.1, -0.05) is 27.2 Å². The van der Waals surface area contributed by atoms with Gasteiger partial charge in [0.2, 0.25) is 5.91 Å². The fraction of sp³-hybridized carbons (Fsp3) is 0.842. The second kappa shape index (κ2) is 7.85. The van der Waals surface area contributed by atoms with Crippen molar-refractivity contribution in [1.82, 2.24) is 20.1 Å². The van der Waals surface area contributed by atoms with Gasteiger partial charge in [0.05, 0.1) is 12.1 Å². The van der Waals surface area contributed by atoms with Crippen molar-refractivity contribution in [3.63, 3.8) is 0 Å². The second-order valence-electron chi connectivity index (χ2n) is 8.19. The lowest BCUT2D eigenvalue weighted by molar-refractivity contribution is -0.132. The first-order valence-electron chi connectivity index (χ1n) is 9.78. The van der Waals surface area contributed by atoms with Gasteiger partial charge in [0.15, 0.2) is 5.82 Å². The van der Waals surface area contributed by atoms with E-state index in [4.69, 9.17) is 4.74 Å². The van der Waals surface area contributed by atoms with Gasteiger partial charge in [0.1, 0.15) is 12.4 Å². The minimum absolute atomic E-state index is 0.0661. The molecule has 6 heteroatoms. The number of rotatable bonds is 6. The lowest BCUT2D eigenvalue weighted by atomic mass is 9.75. The van der Waals surface area contributed by atoms with Crippen molar-refractivity contribution < 1.29 is 9.53 Å². The molecule has 0 radical (unpaired) electrons. The third-order valence-corrected chi connectivity index (χ3v) is 5.79. The number of carbonyl (C=O) groups excluding carboxylic acids is 1. The number of fused-ring (bicyclic) bond motifs is 1. The van der Waals surface area contributed by atoms with Gasteiger partial charge >= 0.3 is 0 Å². The second-order valence-corrected chi connectivity index (χ2v) is 8.19. The zero-order chi connectivity index (χ0) is 18.0. The SMILES string of the molecule is CC(C)[C@H]1CC[C@@H](C)C[C@H]1OCC(=O)N[C@H](C)c1nnc2n1CCC2. The molecule has 4 atom stereocenters. The van der Waals surface area contributed by atoms with Gasteiger partial charge in [-0.15, -0.1) is 10.2 Å². The van der Waals surface area contributed by atoms with Crippen molar-refractivity contribution in [1.29, 1.82) is 0 Å². The molecule has 1 aromatic heterocycles. The summed E-state index contributed by atoms with van der Waals surface area (Å²) in [5.74, 6) is 3.65. The molecule has 1 amide bonds. The summed E-state index contributed by atoms with van der Waals surface area (Å²) in [4.78, 5) is 12.4. The Hall–Kier alpha value is -1.43. The lowest BCUT2D eigenvalue weighted by Crippen LogP contribution is -2.38. The van der Waals surface area contributed by atoms with Gasteiger partial charge in [-0.2, -0.15) is 0 Å². The number of aromatic nitrogens is 3. The molecule has 2 heterocycles. The van der Waals surface area contributed by atoms with E-state index in [1.165, 1.54) is 12.8 Å². The molecule has 1 fully saturated rings. The zero-order valence-electron chi connectivity index (χ0n) is 16.0. The van der Waals surface area contributed by atoms with Crippen LogP contribution in [0.4, 0.5) is 0 Å². The monoisotopic (exact) mass is 348 g/mol. The van der Waals surface area contributed by atoms with E-state index in [2.05, 4.69) is 40.9 Å². The number of aryl methyl sites for hydroxylation is 1. The molecule has 3 rings (SSSR count). The van der Waals surface area contributed by atoms with Crippen LogP contribution in [0.1, 0.15) is 71.1 Å². The Kier molecular flexibility index (Phi) is 5.77. The minimum atomic E-state index is -0.137. The molecule has 1 saturated carbocycles. The van der Waals surface area contributed by atoms with Crippen LogP contribution in [0.15, 0.2) is 0 Å². The Bertz CT molecular complexity index is 598. The molecule has 0 spiro atoms. The van der Waals surface area contributed by atoms with Gasteiger partial charge in [-0.05, 0) is 43.9 Å². The third kappa shape index (κ3) is 4.22. The molecular formula is C19H32N4O2. The van der Waals surface area contributed by atoms with Crippen LogP contribution in [0, 0.1) is 17.8 Å². The Morgan fingerprint density at radius 2 is 2.12 bits per heavy atom. The molecule has 25 heavy (non-hydrogen) atoms. The Morgan fingerprint density at radius 1 is 1.32 bits per heavy atom. The number of hydrogen-bond acceptors (Lipinski definition) is 4. The summed E-state index contributed by atoms with van der Waals surface area (Å²) in [6, 6.07) is -0.137. The molecule has 1 aliphatic heterocycles. The maximum Gasteiger partial charge on any atom is 0.246 e. The van der Waals surface area contributed by atoms with E-state index in [1.54, 1.807) is 0 Å².